The highest BCUT2D eigenvalue weighted by molar-refractivity contribution is 7.91. The quantitative estimate of drug-likeness (QED) is 0.698. The van der Waals surface area contributed by atoms with Crippen LogP contribution in [0.25, 0.3) is 0 Å². The molecule has 0 radical (unpaired) electrons. The Morgan fingerprint density at radius 3 is 2.57 bits per heavy atom. The van der Waals surface area contributed by atoms with Crippen molar-refractivity contribution >= 4 is 33.3 Å². The first-order valence-electron chi connectivity index (χ1n) is 10.5. The SMILES string of the molecule is O=C(C1CC(=O)N(C2CCOCC2)C1)N1CCC(c2ccccc2Cl)S(=O)(=O)CC1. The van der Waals surface area contributed by atoms with E-state index in [0.717, 1.165) is 12.8 Å². The van der Waals surface area contributed by atoms with Crippen molar-refractivity contribution < 1.29 is 22.7 Å². The summed E-state index contributed by atoms with van der Waals surface area (Å²) in [5, 5.41) is -0.285. The zero-order valence-electron chi connectivity index (χ0n) is 16.8. The number of rotatable bonds is 3. The van der Waals surface area contributed by atoms with Crippen molar-refractivity contribution in [3.8, 4) is 0 Å². The lowest BCUT2D eigenvalue weighted by Gasteiger charge is -2.31. The summed E-state index contributed by atoms with van der Waals surface area (Å²) in [7, 11) is -3.43. The van der Waals surface area contributed by atoms with E-state index < -0.39 is 21.0 Å². The summed E-state index contributed by atoms with van der Waals surface area (Å²) in [5.74, 6) is -0.608. The maximum absolute atomic E-state index is 13.1. The number of amides is 2. The van der Waals surface area contributed by atoms with Gasteiger partial charge in [-0.15, -0.1) is 0 Å². The molecule has 3 saturated heterocycles. The van der Waals surface area contributed by atoms with Crippen LogP contribution in [0, 0.1) is 5.92 Å². The van der Waals surface area contributed by atoms with Crippen LogP contribution in [0.3, 0.4) is 0 Å². The number of nitrogens with zero attached hydrogens (tertiary/aromatic N) is 2. The van der Waals surface area contributed by atoms with Crippen LogP contribution in [0.15, 0.2) is 24.3 Å². The minimum Gasteiger partial charge on any atom is -0.381 e. The van der Waals surface area contributed by atoms with Gasteiger partial charge in [-0.3, -0.25) is 9.59 Å². The highest BCUT2D eigenvalue weighted by Gasteiger charge is 2.41. The Bertz CT molecular complexity index is 916. The number of carbonyl (C=O) groups excluding carboxylic acids is 2. The van der Waals surface area contributed by atoms with Crippen LogP contribution in [-0.4, -0.2) is 74.7 Å². The van der Waals surface area contributed by atoms with E-state index in [1.807, 2.05) is 4.90 Å². The lowest BCUT2D eigenvalue weighted by Crippen LogP contribution is -2.42. The molecule has 0 N–H and O–H groups in total. The van der Waals surface area contributed by atoms with E-state index >= 15 is 0 Å². The van der Waals surface area contributed by atoms with E-state index in [1.54, 1.807) is 29.2 Å². The molecule has 0 spiro atoms. The third-order valence-electron chi connectivity index (χ3n) is 6.44. The Balaban J connectivity index is 1.44. The largest absolute Gasteiger partial charge is 0.381 e. The van der Waals surface area contributed by atoms with Gasteiger partial charge in [0.1, 0.15) is 0 Å². The number of ether oxygens (including phenoxy) is 1. The van der Waals surface area contributed by atoms with Gasteiger partial charge < -0.3 is 14.5 Å². The number of sulfone groups is 1. The standard InChI is InChI=1S/C21H27ClN2O5S/c22-18-4-2-1-3-17(18)19-5-8-23(9-12-30(19,27)28)21(26)15-13-20(25)24(14-15)16-6-10-29-11-7-16/h1-4,15-16,19H,5-14H2. The molecular formula is C21H27ClN2O5S. The third kappa shape index (κ3) is 4.36. The predicted octanol–water partition coefficient (Wildman–Crippen LogP) is 2.06. The first-order chi connectivity index (χ1) is 14.4. The molecule has 2 atom stereocenters. The van der Waals surface area contributed by atoms with Crippen LogP contribution in [0.5, 0.6) is 0 Å². The molecule has 0 aliphatic carbocycles. The van der Waals surface area contributed by atoms with Gasteiger partial charge in [0, 0.05) is 50.3 Å². The number of hydrogen-bond acceptors (Lipinski definition) is 5. The van der Waals surface area contributed by atoms with Crippen molar-refractivity contribution in [1.29, 1.82) is 0 Å². The molecule has 3 heterocycles. The van der Waals surface area contributed by atoms with Gasteiger partial charge in [-0.2, -0.15) is 0 Å². The van der Waals surface area contributed by atoms with Gasteiger partial charge in [-0.1, -0.05) is 29.8 Å². The van der Waals surface area contributed by atoms with E-state index in [-0.39, 0.29) is 36.6 Å². The Labute approximate surface area is 182 Å². The molecule has 4 rings (SSSR count). The first kappa shape index (κ1) is 21.6. The molecule has 1 aromatic carbocycles. The fourth-order valence-corrected chi connectivity index (χ4v) is 6.90. The zero-order valence-corrected chi connectivity index (χ0v) is 18.4. The summed E-state index contributed by atoms with van der Waals surface area (Å²) in [6, 6.07) is 7.11. The Hall–Kier alpha value is -1.64. The molecular weight excluding hydrogens is 428 g/mol. The van der Waals surface area contributed by atoms with Crippen LogP contribution in [0.4, 0.5) is 0 Å². The summed E-state index contributed by atoms with van der Waals surface area (Å²) < 4.78 is 31.1. The lowest BCUT2D eigenvalue weighted by molar-refractivity contribution is -0.135. The van der Waals surface area contributed by atoms with Crippen molar-refractivity contribution in [2.45, 2.75) is 37.0 Å². The van der Waals surface area contributed by atoms with E-state index in [0.29, 0.717) is 43.3 Å². The monoisotopic (exact) mass is 454 g/mol. The molecule has 7 nitrogen and oxygen atoms in total. The maximum Gasteiger partial charge on any atom is 0.228 e. The van der Waals surface area contributed by atoms with Gasteiger partial charge in [0.15, 0.2) is 9.84 Å². The second-order valence-electron chi connectivity index (χ2n) is 8.28. The van der Waals surface area contributed by atoms with Gasteiger partial charge in [0.2, 0.25) is 11.8 Å². The predicted molar refractivity (Wildman–Crippen MR) is 113 cm³/mol. The molecule has 164 valence electrons. The molecule has 2 unspecified atom stereocenters. The van der Waals surface area contributed by atoms with Crippen molar-refractivity contribution in [3.05, 3.63) is 34.9 Å². The fourth-order valence-electron chi connectivity index (χ4n) is 4.75. The number of hydrogen-bond donors (Lipinski definition) is 0. The molecule has 3 fully saturated rings. The Kier molecular flexibility index (Phi) is 6.36. The van der Waals surface area contributed by atoms with Crippen LogP contribution >= 0.6 is 11.6 Å². The molecule has 0 saturated carbocycles. The maximum atomic E-state index is 13.1. The highest BCUT2D eigenvalue weighted by atomic mass is 35.5. The zero-order chi connectivity index (χ0) is 21.3. The summed E-state index contributed by atoms with van der Waals surface area (Å²) in [5.41, 5.74) is 0.593. The third-order valence-corrected chi connectivity index (χ3v) is 8.90. The molecule has 3 aliphatic heterocycles. The number of carbonyl (C=O) groups is 2. The van der Waals surface area contributed by atoms with Crippen LogP contribution in [0.2, 0.25) is 5.02 Å². The number of halogens is 1. The second kappa shape index (κ2) is 8.85. The highest BCUT2D eigenvalue weighted by Crippen LogP contribution is 2.34. The molecule has 1 aromatic rings. The van der Waals surface area contributed by atoms with E-state index in [9.17, 15) is 18.0 Å². The first-order valence-corrected chi connectivity index (χ1v) is 12.6. The molecule has 30 heavy (non-hydrogen) atoms. The van der Waals surface area contributed by atoms with Gasteiger partial charge in [0.05, 0.1) is 16.9 Å². The topological polar surface area (TPSA) is 84.0 Å². The van der Waals surface area contributed by atoms with Crippen LogP contribution < -0.4 is 0 Å². The van der Waals surface area contributed by atoms with Crippen molar-refractivity contribution in [3.63, 3.8) is 0 Å². The summed E-state index contributed by atoms with van der Waals surface area (Å²) in [6.07, 6.45) is 2.11. The smallest absolute Gasteiger partial charge is 0.228 e. The average Bonchev–Trinajstić information content (AvgIpc) is 3.05. The van der Waals surface area contributed by atoms with E-state index in [1.165, 1.54) is 0 Å². The Morgan fingerprint density at radius 1 is 1.10 bits per heavy atom. The number of benzene rings is 1. The summed E-state index contributed by atoms with van der Waals surface area (Å²) in [6.45, 7) is 2.19. The van der Waals surface area contributed by atoms with E-state index in [4.69, 9.17) is 16.3 Å². The van der Waals surface area contributed by atoms with Gasteiger partial charge in [0.25, 0.3) is 0 Å². The molecule has 0 aromatic heterocycles. The van der Waals surface area contributed by atoms with Crippen molar-refractivity contribution in [2.24, 2.45) is 5.92 Å². The summed E-state index contributed by atoms with van der Waals surface area (Å²) in [4.78, 5) is 29.1. The van der Waals surface area contributed by atoms with Crippen molar-refractivity contribution in [2.75, 3.05) is 38.6 Å². The summed E-state index contributed by atoms with van der Waals surface area (Å²) >= 11 is 6.25. The molecule has 0 bridgehead atoms. The average molecular weight is 455 g/mol. The minimum absolute atomic E-state index is 0.0108. The lowest BCUT2D eigenvalue weighted by atomic mass is 10.1. The van der Waals surface area contributed by atoms with Gasteiger partial charge in [-0.25, -0.2) is 8.42 Å². The molecule has 9 heteroatoms. The second-order valence-corrected chi connectivity index (χ2v) is 11.0. The molecule has 3 aliphatic rings. The van der Waals surface area contributed by atoms with E-state index in [2.05, 4.69) is 0 Å². The normalized spacial score (nSPS) is 27.8. The minimum atomic E-state index is -3.43. The molecule has 2 amide bonds. The van der Waals surface area contributed by atoms with Gasteiger partial charge in [-0.05, 0) is 30.9 Å². The van der Waals surface area contributed by atoms with Crippen LogP contribution in [-0.2, 0) is 24.2 Å². The number of likely N-dealkylation sites (tertiary alicyclic amines) is 1. The Morgan fingerprint density at radius 2 is 1.83 bits per heavy atom. The van der Waals surface area contributed by atoms with Crippen molar-refractivity contribution in [1.82, 2.24) is 9.80 Å². The van der Waals surface area contributed by atoms with Crippen LogP contribution in [0.1, 0.15) is 36.5 Å². The fraction of sp³-hybridized carbons (Fsp3) is 0.619. The van der Waals surface area contributed by atoms with Gasteiger partial charge >= 0.3 is 0 Å².